The lowest BCUT2D eigenvalue weighted by molar-refractivity contribution is 0.0785. The van der Waals surface area contributed by atoms with Crippen LogP contribution in [0.3, 0.4) is 0 Å². The topological polar surface area (TPSA) is 68.8 Å². The molecule has 118 valence electrons. The Morgan fingerprint density at radius 1 is 1.22 bits per heavy atom. The number of benzene rings is 1. The van der Waals surface area contributed by atoms with Gasteiger partial charge in [-0.05, 0) is 19.1 Å². The van der Waals surface area contributed by atoms with Crippen LogP contribution in [0.15, 0.2) is 49.3 Å². The van der Waals surface area contributed by atoms with Crippen molar-refractivity contribution in [2.24, 2.45) is 0 Å². The van der Waals surface area contributed by atoms with Crippen molar-refractivity contribution in [2.45, 2.75) is 20.0 Å². The fraction of sp³-hybridized carbons (Fsp3) is 0.250. The van der Waals surface area contributed by atoms with Gasteiger partial charge in [0, 0.05) is 31.9 Å². The van der Waals surface area contributed by atoms with Gasteiger partial charge in [-0.25, -0.2) is 0 Å². The van der Waals surface area contributed by atoms with Crippen LogP contribution in [0.25, 0.3) is 5.69 Å². The molecule has 1 amide bonds. The molecule has 0 N–H and O–H groups in total. The number of carbonyl (C=O) groups is 1. The SMILES string of the molecule is CCn1cc(CN(C)C(=O)c2ccccc2-n2cnnc2)cn1. The molecule has 0 bridgehead atoms. The molecule has 7 nitrogen and oxygen atoms in total. The molecular weight excluding hydrogens is 292 g/mol. The van der Waals surface area contributed by atoms with E-state index in [1.165, 1.54) is 0 Å². The van der Waals surface area contributed by atoms with Crippen LogP contribution in [-0.4, -0.2) is 42.4 Å². The summed E-state index contributed by atoms with van der Waals surface area (Å²) in [7, 11) is 1.79. The number of nitrogens with zero attached hydrogens (tertiary/aromatic N) is 6. The predicted molar refractivity (Wildman–Crippen MR) is 85.1 cm³/mol. The van der Waals surface area contributed by atoms with Crippen molar-refractivity contribution >= 4 is 5.91 Å². The highest BCUT2D eigenvalue weighted by Crippen LogP contribution is 2.16. The molecule has 3 aromatic rings. The zero-order chi connectivity index (χ0) is 16.2. The summed E-state index contributed by atoms with van der Waals surface area (Å²) in [4.78, 5) is 14.5. The number of para-hydroxylation sites is 1. The van der Waals surface area contributed by atoms with Crippen LogP contribution in [0.2, 0.25) is 0 Å². The van der Waals surface area contributed by atoms with E-state index in [1.54, 1.807) is 35.4 Å². The second-order valence-electron chi connectivity index (χ2n) is 5.25. The van der Waals surface area contributed by atoms with E-state index in [1.807, 2.05) is 42.1 Å². The molecule has 0 radical (unpaired) electrons. The van der Waals surface area contributed by atoms with Gasteiger partial charge in [0.1, 0.15) is 12.7 Å². The van der Waals surface area contributed by atoms with Gasteiger partial charge >= 0.3 is 0 Å². The second kappa shape index (κ2) is 6.43. The molecule has 0 spiro atoms. The first-order chi connectivity index (χ1) is 11.2. The van der Waals surface area contributed by atoms with Crippen molar-refractivity contribution in [3.63, 3.8) is 0 Å². The number of hydrogen-bond acceptors (Lipinski definition) is 4. The Balaban J connectivity index is 1.82. The summed E-state index contributed by atoms with van der Waals surface area (Å²) in [6.07, 6.45) is 6.91. The number of aromatic nitrogens is 5. The molecule has 0 saturated heterocycles. The molecule has 2 heterocycles. The quantitative estimate of drug-likeness (QED) is 0.720. The predicted octanol–water partition coefficient (Wildman–Crippen LogP) is 1.76. The van der Waals surface area contributed by atoms with Gasteiger partial charge in [-0.1, -0.05) is 12.1 Å². The first-order valence-electron chi connectivity index (χ1n) is 7.40. The molecule has 0 fully saturated rings. The number of rotatable bonds is 5. The zero-order valence-electron chi connectivity index (χ0n) is 13.1. The van der Waals surface area contributed by atoms with Crippen molar-refractivity contribution in [1.29, 1.82) is 0 Å². The van der Waals surface area contributed by atoms with Gasteiger partial charge in [-0.3, -0.25) is 14.0 Å². The van der Waals surface area contributed by atoms with Gasteiger partial charge in [0.15, 0.2) is 0 Å². The largest absolute Gasteiger partial charge is 0.337 e. The van der Waals surface area contributed by atoms with Crippen LogP contribution in [0.5, 0.6) is 0 Å². The van der Waals surface area contributed by atoms with Crippen molar-refractivity contribution in [1.82, 2.24) is 29.4 Å². The van der Waals surface area contributed by atoms with Crippen LogP contribution in [-0.2, 0) is 13.1 Å². The summed E-state index contributed by atoms with van der Waals surface area (Å²) in [6.45, 7) is 3.35. The van der Waals surface area contributed by atoms with Crippen molar-refractivity contribution in [3.05, 3.63) is 60.4 Å². The highest BCUT2D eigenvalue weighted by atomic mass is 16.2. The molecule has 3 rings (SSSR count). The Bertz CT molecular complexity index is 793. The number of amides is 1. The Morgan fingerprint density at radius 2 is 1.96 bits per heavy atom. The van der Waals surface area contributed by atoms with E-state index in [0.29, 0.717) is 12.1 Å². The number of aryl methyl sites for hydroxylation is 1. The Morgan fingerprint density at radius 3 is 2.65 bits per heavy atom. The molecule has 2 aromatic heterocycles. The van der Waals surface area contributed by atoms with Crippen LogP contribution in [0, 0.1) is 0 Å². The molecule has 0 aliphatic carbocycles. The van der Waals surface area contributed by atoms with Gasteiger partial charge in [-0.2, -0.15) is 5.10 Å². The monoisotopic (exact) mass is 310 g/mol. The summed E-state index contributed by atoms with van der Waals surface area (Å²) >= 11 is 0. The van der Waals surface area contributed by atoms with Crippen LogP contribution < -0.4 is 0 Å². The molecule has 0 aliphatic rings. The second-order valence-corrected chi connectivity index (χ2v) is 5.25. The van der Waals surface area contributed by atoms with Crippen LogP contribution in [0.4, 0.5) is 0 Å². The van der Waals surface area contributed by atoms with E-state index in [2.05, 4.69) is 15.3 Å². The fourth-order valence-corrected chi connectivity index (χ4v) is 2.42. The molecule has 0 aliphatic heterocycles. The third kappa shape index (κ3) is 3.13. The molecular formula is C16H18N6O. The molecule has 0 saturated carbocycles. The van der Waals surface area contributed by atoms with E-state index in [0.717, 1.165) is 17.8 Å². The van der Waals surface area contributed by atoms with E-state index in [9.17, 15) is 4.79 Å². The molecule has 0 unspecified atom stereocenters. The summed E-state index contributed by atoms with van der Waals surface area (Å²) in [5.74, 6) is -0.0569. The first kappa shape index (κ1) is 15.0. The Hall–Kier alpha value is -2.96. The first-order valence-corrected chi connectivity index (χ1v) is 7.40. The van der Waals surface area contributed by atoms with Crippen molar-refractivity contribution in [2.75, 3.05) is 7.05 Å². The third-order valence-corrected chi connectivity index (χ3v) is 3.61. The van der Waals surface area contributed by atoms with E-state index in [4.69, 9.17) is 0 Å². The van der Waals surface area contributed by atoms with Crippen LogP contribution in [0.1, 0.15) is 22.8 Å². The van der Waals surface area contributed by atoms with E-state index < -0.39 is 0 Å². The summed E-state index contributed by atoms with van der Waals surface area (Å²) in [5, 5.41) is 11.8. The minimum atomic E-state index is -0.0569. The Kier molecular flexibility index (Phi) is 4.18. The average Bonchev–Trinajstić information content (AvgIpc) is 3.25. The molecule has 0 atom stereocenters. The molecule has 1 aromatic carbocycles. The van der Waals surface area contributed by atoms with Gasteiger partial charge < -0.3 is 4.90 Å². The van der Waals surface area contributed by atoms with Crippen molar-refractivity contribution < 1.29 is 4.79 Å². The van der Waals surface area contributed by atoms with E-state index >= 15 is 0 Å². The standard InChI is InChI=1S/C16H18N6O/c1-3-22-10-13(8-19-22)9-20(2)16(23)14-6-4-5-7-15(14)21-11-17-18-12-21/h4-8,10-12H,3,9H2,1-2H3. The van der Waals surface area contributed by atoms with Gasteiger partial charge in [-0.15, -0.1) is 10.2 Å². The normalized spacial score (nSPS) is 10.7. The molecule has 7 heteroatoms. The lowest BCUT2D eigenvalue weighted by Gasteiger charge is -2.18. The molecule has 23 heavy (non-hydrogen) atoms. The lowest BCUT2D eigenvalue weighted by atomic mass is 10.1. The van der Waals surface area contributed by atoms with E-state index in [-0.39, 0.29) is 5.91 Å². The number of carbonyl (C=O) groups excluding carboxylic acids is 1. The highest BCUT2D eigenvalue weighted by Gasteiger charge is 2.17. The maximum Gasteiger partial charge on any atom is 0.256 e. The van der Waals surface area contributed by atoms with Gasteiger partial charge in [0.25, 0.3) is 5.91 Å². The maximum atomic E-state index is 12.8. The van der Waals surface area contributed by atoms with Gasteiger partial charge in [0.2, 0.25) is 0 Å². The number of hydrogen-bond donors (Lipinski definition) is 0. The minimum Gasteiger partial charge on any atom is -0.337 e. The fourth-order valence-electron chi connectivity index (χ4n) is 2.42. The lowest BCUT2D eigenvalue weighted by Crippen LogP contribution is -2.27. The summed E-state index contributed by atoms with van der Waals surface area (Å²) in [5.41, 5.74) is 2.38. The third-order valence-electron chi connectivity index (χ3n) is 3.61. The summed E-state index contributed by atoms with van der Waals surface area (Å²) in [6, 6.07) is 7.42. The van der Waals surface area contributed by atoms with Crippen molar-refractivity contribution in [3.8, 4) is 5.69 Å². The van der Waals surface area contributed by atoms with Crippen LogP contribution >= 0.6 is 0 Å². The summed E-state index contributed by atoms with van der Waals surface area (Å²) < 4.78 is 3.58. The maximum absolute atomic E-state index is 12.8. The highest BCUT2D eigenvalue weighted by molar-refractivity contribution is 5.97. The van der Waals surface area contributed by atoms with Gasteiger partial charge in [0.05, 0.1) is 17.4 Å². The smallest absolute Gasteiger partial charge is 0.256 e. The minimum absolute atomic E-state index is 0.0569. The Labute approximate surface area is 134 Å². The zero-order valence-corrected chi connectivity index (χ0v) is 13.1. The average molecular weight is 310 g/mol.